The fourth-order valence-corrected chi connectivity index (χ4v) is 2.40. The van der Waals surface area contributed by atoms with Crippen molar-refractivity contribution in [2.75, 3.05) is 0 Å². The van der Waals surface area contributed by atoms with Gasteiger partial charge in [-0.25, -0.2) is 0 Å². The van der Waals surface area contributed by atoms with Crippen molar-refractivity contribution in [1.82, 2.24) is 0 Å². The summed E-state index contributed by atoms with van der Waals surface area (Å²) in [5, 5.41) is 10.6. The van der Waals surface area contributed by atoms with Crippen LogP contribution >= 0.6 is 0 Å². The fourth-order valence-electron chi connectivity index (χ4n) is 2.40. The number of hydrogen-bond donors (Lipinski definition) is 0. The average Bonchev–Trinajstić information content (AvgIpc) is 2.42. The molecule has 3 nitrogen and oxygen atoms in total. The van der Waals surface area contributed by atoms with Gasteiger partial charge in [-0.2, -0.15) is 0 Å². The predicted octanol–water partition coefficient (Wildman–Crippen LogP) is 5.13. The van der Waals surface area contributed by atoms with Gasteiger partial charge >= 0.3 is 0 Å². The lowest BCUT2D eigenvalue weighted by molar-refractivity contribution is -0.384. The Hall–Kier alpha value is -1.38. The number of rotatable bonds is 9. The van der Waals surface area contributed by atoms with Gasteiger partial charge in [0, 0.05) is 12.1 Å². The Morgan fingerprint density at radius 1 is 1.11 bits per heavy atom. The van der Waals surface area contributed by atoms with Crippen LogP contribution in [0.4, 0.5) is 5.69 Å². The van der Waals surface area contributed by atoms with Crippen molar-refractivity contribution in [3.63, 3.8) is 0 Å². The molecule has 19 heavy (non-hydrogen) atoms. The van der Waals surface area contributed by atoms with Gasteiger partial charge in [0.2, 0.25) is 0 Å². The van der Waals surface area contributed by atoms with E-state index in [1.54, 1.807) is 12.1 Å². The Bertz CT molecular complexity index is 373. The van der Waals surface area contributed by atoms with Crippen LogP contribution in [0.1, 0.15) is 57.9 Å². The van der Waals surface area contributed by atoms with Crippen molar-refractivity contribution in [3.05, 3.63) is 39.9 Å². The smallest absolute Gasteiger partial charge is 0.258 e. The highest BCUT2D eigenvalue weighted by atomic mass is 16.6. The molecule has 3 heteroatoms. The van der Waals surface area contributed by atoms with Crippen molar-refractivity contribution >= 4 is 5.69 Å². The molecule has 0 aliphatic carbocycles. The highest BCUT2D eigenvalue weighted by Gasteiger charge is 2.09. The SMILES string of the molecule is CCCCCCC(CC)Cc1ccc([N+](=O)[O-])cc1. The molecule has 0 bridgehead atoms. The molecule has 0 radical (unpaired) electrons. The first kappa shape index (κ1) is 15.7. The maximum Gasteiger partial charge on any atom is 0.269 e. The van der Waals surface area contributed by atoms with Gasteiger partial charge in [-0.3, -0.25) is 10.1 Å². The molecule has 1 aromatic carbocycles. The monoisotopic (exact) mass is 263 g/mol. The van der Waals surface area contributed by atoms with Gasteiger partial charge in [-0.15, -0.1) is 0 Å². The van der Waals surface area contributed by atoms with Crippen LogP contribution in [0.5, 0.6) is 0 Å². The summed E-state index contributed by atoms with van der Waals surface area (Å²) in [5.74, 6) is 0.707. The largest absolute Gasteiger partial charge is 0.269 e. The van der Waals surface area contributed by atoms with Gasteiger partial charge in [0.05, 0.1) is 4.92 Å². The van der Waals surface area contributed by atoms with Crippen LogP contribution in [0.3, 0.4) is 0 Å². The van der Waals surface area contributed by atoms with Crippen molar-refractivity contribution in [2.24, 2.45) is 5.92 Å². The Labute approximate surface area is 116 Å². The van der Waals surface area contributed by atoms with Crippen LogP contribution in [0.2, 0.25) is 0 Å². The Morgan fingerprint density at radius 3 is 2.32 bits per heavy atom. The highest BCUT2D eigenvalue weighted by molar-refractivity contribution is 5.33. The zero-order chi connectivity index (χ0) is 14.1. The van der Waals surface area contributed by atoms with Gasteiger partial charge in [0.15, 0.2) is 0 Å². The van der Waals surface area contributed by atoms with E-state index in [1.807, 2.05) is 12.1 Å². The Balaban J connectivity index is 2.44. The minimum Gasteiger partial charge on any atom is -0.258 e. The molecule has 0 spiro atoms. The normalized spacial score (nSPS) is 12.3. The number of non-ortho nitro benzene ring substituents is 1. The number of nitro benzene ring substituents is 1. The summed E-state index contributed by atoms with van der Waals surface area (Å²) in [6.07, 6.45) is 8.73. The summed E-state index contributed by atoms with van der Waals surface area (Å²) in [6, 6.07) is 7.01. The van der Waals surface area contributed by atoms with Crippen LogP contribution in [0.25, 0.3) is 0 Å². The second-order valence-corrected chi connectivity index (χ2v) is 5.25. The quantitative estimate of drug-likeness (QED) is 0.352. The predicted molar refractivity (Wildman–Crippen MR) is 79.3 cm³/mol. The Kier molecular flexibility index (Phi) is 7.16. The molecule has 0 aromatic heterocycles. The van der Waals surface area contributed by atoms with E-state index in [0.717, 1.165) is 6.42 Å². The molecule has 0 aliphatic heterocycles. The van der Waals surface area contributed by atoms with Crippen molar-refractivity contribution in [3.8, 4) is 0 Å². The van der Waals surface area contributed by atoms with E-state index in [9.17, 15) is 10.1 Å². The summed E-state index contributed by atoms with van der Waals surface area (Å²) < 4.78 is 0. The van der Waals surface area contributed by atoms with Gasteiger partial charge in [0.25, 0.3) is 5.69 Å². The molecule has 1 rings (SSSR count). The lowest BCUT2D eigenvalue weighted by atomic mass is 9.91. The van der Waals surface area contributed by atoms with E-state index < -0.39 is 0 Å². The minimum atomic E-state index is -0.341. The molecule has 106 valence electrons. The number of nitro groups is 1. The molecular formula is C16H25NO2. The zero-order valence-corrected chi connectivity index (χ0v) is 12.1. The average molecular weight is 263 g/mol. The molecule has 0 fully saturated rings. The molecular weight excluding hydrogens is 238 g/mol. The van der Waals surface area contributed by atoms with E-state index in [2.05, 4.69) is 13.8 Å². The molecule has 0 heterocycles. The second-order valence-electron chi connectivity index (χ2n) is 5.25. The van der Waals surface area contributed by atoms with Gasteiger partial charge < -0.3 is 0 Å². The van der Waals surface area contributed by atoms with E-state index in [1.165, 1.54) is 44.1 Å². The zero-order valence-electron chi connectivity index (χ0n) is 12.1. The molecule has 0 saturated carbocycles. The van der Waals surface area contributed by atoms with Crippen LogP contribution in [0, 0.1) is 16.0 Å². The topological polar surface area (TPSA) is 43.1 Å². The molecule has 0 N–H and O–H groups in total. The third kappa shape index (κ3) is 5.86. The second kappa shape index (κ2) is 8.68. The number of unbranched alkanes of at least 4 members (excludes halogenated alkanes) is 3. The molecule has 1 unspecified atom stereocenters. The first-order valence-electron chi connectivity index (χ1n) is 7.40. The van der Waals surface area contributed by atoms with Gasteiger partial charge in [0.1, 0.15) is 0 Å². The molecule has 1 atom stereocenters. The van der Waals surface area contributed by atoms with E-state index in [0.29, 0.717) is 5.92 Å². The first-order valence-corrected chi connectivity index (χ1v) is 7.40. The van der Waals surface area contributed by atoms with Gasteiger partial charge in [-0.1, -0.05) is 64.5 Å². The standard InChI is InChI=1S/C16H25NO2/c1-3-5-6-7-8-14(4-2)13-15-9-11-16(12-10-15)17(18)19/h9-12,14H,3-8,13H2,1-2H3. The molecule has 1 aromatic rings. The van der Waals surface area contributed by atoms with E-state index in [-0.39, 0.29) is 10.6 Å². The summed E-state index contributed by atoms with van der Waals surface area (Å²) >= 11 is 0. The lowest BCUT2D eigenvalue weighted by Crippen LogP contribution is -2.03. The third-order valence-electron chi connectivity index (χ3n) is 3.71. The maximum absolute atomic E-state index is 10.6. The van der Waals surface area contributed by atoms with E-state index >= 15 is 0 Å². The summed E-state index contributed by atoms with van der Waals surface area (Å²) in [6.45, 7) is 4.46. The molecule has 0 amide bonds. The number of benzene rings is 1. The fraction of sp³-hybridized carbons (Fsp3) is 0.625. The van der Waals surface area contributed by atoms with Crippen LogP contribution < -0.4 is 0 Å². The van der Waals surface area contributed by atoms with Crippen LogP contribution in [0.15, 0.2) is 24.3 Å². The third-order valence-corrected chi connectivity index (χ3v) is 3.71. The number of nitrogens with zero attached hydrogens (tertiary/aromatic N) is 1. The van der Waals surface area contributed by atoms with Crippen molar-refractivity contribution in [2.45, 2.75) is 58.8 Å². The van der Waals surface area contributed by atoms with Gasteiger partial charge in [-0.05, 0) is 17.9 Å². The first-order chi connectivity index (χ1) is 9.17. The Morgan fingerprint density at radius 2 is 1.79 bits per heavy atom. The number of hydrogen-bond acceptors (Lipinski definition) is 2. The summed E-state index contributed by atoms with van der Waals surface area (Å²) in [7, 11) is 0. The molecule has 0 aliphatic rings. The van der Waals surface area contributed by atoms with Crippen molar-refractivity contribution in [1.29, 1.82) is 0 Å². The highest BCUT2D eigenvalue weighted by Crippen LogP contribution is 2.21. The summed E-state index contributed by atoms with van der Waals surface area (Å²) in [5.41, 5.74) is 1.40. The lowest BCUT2D eigenvalue weighted by Gasteiger charge is -2.14. The molecule has 0 saturated heterocycles. The maximum atomic E-state index is 10.6. The van der Waals surface area contributed by atoms with E-state index in [4.69, 9.17) is 0 Å². The van der Waals surface area contributed by atoms with Crippen LogP contribution in [-0.4, -0.2) is 4.92 Å². The minimum absolute atomic E-state index is 0.180. The summed E-state index contributed by atoms with van der Waals surface area (Å²) in [4.78, 5) is 10.3. The van der Waals surface area contributed by atoms with Crippen LogP contribution in [-0.2, 0) is 6.42 Å². The van der Waals surface area contributed by atoms with Crippen molar-refractivity contribution < 1.29 is 4.92 Å².